The molecule has 0 saturated heterocycles. The Kier molecular flexibility index (Phi) is 5.40. The van der Waals surface area contributed by atoms with E-state index in [9.17, 15) is 4.79 Å². The van der Waals surface area contributed by atoms with Gasteiger partial charge in [-0.1, -0.05) is 36.7 Å². The summed E-state index contributed by atoms with van der Waals surface area (Å²) in [7, 11) is 0. The molecule has 0 aromatic heterocycles. The molecule has 0 unspecified atom stereocenters. The molecule has 0 heterocycles. The summed E-state index contributed by atoms with van der Waals surface area (Å²) in [6.45, 7) is 2.12. The molecule has 5 heteroatoms. The number of carbonyl (C=O) groups excluding carboxylic acids is 1. The van der Waals surface area contributed by atoms with Crippen molar-refractivity contribution in [1.29, 1.82) is 5.26 Å². The Bertz CT molecular complexity index is 722. The second kappa shape index (κ2) is 7.48. The lowest BCUT2D eigenvalue weighted by Crippen LogP contribution is -2.22. The van der Waals surface area contributed by atoms with Gasteiger partial charge in [-0.05, 0) is 36.2 Å². The van der Waals surface area contributed by atoms with E-state index in [4.69, 9.17) is 16.9 Å². The van der Waals surface area contributed by atoms with E-state index < -0.39 is 0 Å². The van der Waals surface area contributed by atoms with Crippen molar-refractivity contribution in [1.82, 2.24) is 0 Å². The quantitative estimate of drug-likeness (QED) is 0.881. The van der Waals surface area contributed by atoms with E-state index in [1.165, 1.54) is 0 Å². The number of nitrogens with one attached hydrogen (secondary N) is 2. The normalized spacial score (nSPS) is 9.86. The van der Waals surface area contributed by atoms with Crippen LogP contribution in [0.4, 0.5) is 11.4 Å². The highest BCUT2D eigenvalue weighted by atomic mass is 35.5. The number of rotatable bonds is 5. The van der Waals surface area contributed by atoms with Crippen LogP contribution in [0.2, 0.25) is 5.02 Å². The Hall–Kier alpha value is -2.51. The predicted molar refractivity (Wildman–Crippen MR) is 89.1 cm³/mol. The number of carbonyl (C=O) groups is 1. The second-order valence-electron chi connectivity index (χ2n) is 4.71. The molecule has 2 N–H and O–H groups in total. The Labute approximate surface area is 134 Å². The van der Waals surface area contributed by atoms with Crippen molar-refractivity contribution in [3.8, 4) is 6.07 Å². The average molecular weight is 314 g/mol. The van der Waals surface area contributed by atoms with Gasteiger partial charge >= 0.3 is 0 Å². The maximum atomic E-state index is 12.0. The highest BCUT2D eigenvalue weighted by Gasteiger charge is 2.07. The van der Waals surface area contributed by atoms with Gasteiger partial charge in [-0.25, -0.2) is 0 Å². The van der Waals surface area contributed by atoms with Gasteiger partial charge in [-0.3, -0.25) is 4.79 Å². The molecule has 22 heavy (non-hydrogen) atoms. The molecule has 0 aliphatic rings. The van der Waals surface area contributed by atoms with Gasteiger partial charge in [0.15, 0.2) is 0 Å². The predicted octanol–water partition coefficient (Wildman–Crippen LogP) is 3.82. The zero-order valence-corrected chi connectivity index (χ0v) is 12.9. The smallest absolute Gasteiger partial charge is 0.243 e. The van der Waals surface area contributed by atoms with Gasteiger partial charge in [0.25, 0.3) is 0 Å². The SMILES string of the molecule is CCc1ccccc1NC(=O)CNc1ccc(Cl)cc1C#N. The summed E-state index contributed by atoms with van der Waals surface area (Å²) >= 11 is 5.84. The molecule has 0 bridgehead atoms. The number of amides is 1. The first-order chi connectivity index (χ1) is 10.6. The van der Waals surface area contributed by atoms with Gasteiger partial charge in [-0.2, -0.15) is 5.26 Å². The van der Waals surface area contributed by atoms with Crippen molar-refractivity contribution in [2.24, 2.45) is 0 Å². The molecule has 0 atom stereocenters. The number of hydrogen-bond donors (Lipinski definition) is 2. The van der Waals surface area contributed by atoms with E-state index in [-0.39, 0.29) is 12.5 Å². The third kappa shape index (κ3) is 4.00. The second-order valence-corrected chi connectivity index (χ2v) is 5.15. The molecule has 0 saturated carbocycles. The molecule has 1 amide bonds. The third-order valence-corrected chi connectivity index (χ3v) is 3.45. The molecular formula is C17H16ClN3O. The first-order valence-electron chi connectivity index (χ1n) is 6.95. The van der Waals surface area contributed by atoms with Gasteiger partial charge in [0.05, 0.1) is 17.8 Å². The first-order valence-corrected chi connectivity index (χ1v) is 7.33. The fourth-order valence-electron chi connectivity index (χ4n) is 2.08. The number of nitriles is 1. The summed E-state index contributed by atoms with van der Waals surface area (Å²) in [5, 5.41) is 15.4. The highest BCUT2D eigenvalue weighted by molar-refractivity contribution is 6.30. The fraction of sp³-hybridized carbons (Fsp3) is 0.176. The van der Waals surface area contributed by atoms with Gasteiger partial charge < -0.3 is 10.6 Å². The van der Waals surface area contributed by atoms with Crippen LogP contribution < -0.4 is 10.6 Å². The highest BCUT2D eigenvalue weighted by Crippen LogP contribution is 2.20. The molecule has 0 aliphatic heterocycles. The number of anilines is 2. The van der Waals surface area contributed by atoms with Gasteiger partial charge in [-0.15, -0.1) is 0 Å². The lowest BCUT2D eigenvalue weighted by molar-refractivity contribution is -0.114. The van der Waals surface area contributed by atoms with E-state index in [1.54, 1.807) is 18.2 Å². The van der Waals surface area contributed by atoms with Crippen LogP contribution >= 0.6 is 11.6 Å². The van der Waals surface area contributed by atoms with Gasteiger partial charge in [0.1, 0.15) is 6.07 Å². The lowest BCUT2D eigenvalue weighted by Gasteiger charge is -2.11. The molecule has 2 aromatic rings. The van der Waals surface area contributed by atoms with Crippen LogP contribution in [0.3, 0.4) is 0 Å². The van der Waals surface area contributed by atoms with Crippen molar-refractivity contribution >= 4 is 28.9 Å². The Morgan fingerprint density at radius 2 is 2.00 bits per heavy atom. The van der Waals surface area contributed by atoms with Crippen LogP contribution in [0.25, 0.3) is 0 Å². The van der Waals surface area contributed by atoms with Crippen molar-refractivity contribution in [2.75, 3.05) is 17.2 Å². The maximum Gasteiger partial charge on any atom is 0.243 e. The Morgan fingerprint density at radius 1 is 1.23 bits per heavy atom. The maximum absolute atomic E-state index is 12.0. The third-order valence-electron chi connectivity index (χ3n) is 3.21. The molecular weight excluding hydrogens is 298 g/mol. The van der Waals surface area contributed by atoms with E-state index in [2.05, 4.69) is 10.6 Å². The van der Waals surface area contributed by atoms with Crippen LogP contribution in [0, 0.1) is 11.3 Å². The number of halogens is 1. The Balaban J connectivity index is 2.00. The molecule has 2 rings (SSSR count). The molecule has 0 fully saturated rings. The van der Waals surface area contributed by atoms with Crippen molar-refractivity contribution < 1.29 is 4.79 Å². The number of para-hydroxylation sites is 1. The number of hydrogen-bond acceptors (Lipinski definition) is 3. The van der Waals surface area contributed by atoms with Crippen molar-refractivity contribution in [3.05, 3.63) is 58.6 Å². The zero-order chi connectivity index (χ0) is 15.9. The lowest BCUT2D eigenvalue weighted by atomic mass is 10.1. The first kappa shape index (κ1) is 15.9. The van der Waals surface area contributed by atoms with Gasteiger partial charge in [0, 0.05) is 10.7 Å². The van der Waals surface area contributed by atoms with Crippen molar-refractivity contribution in [3.63, 3.8) is 0 Å². The number of aryl methyl sites for hydroxylation is 1. The molecule has 0 spiro atoms. The van der Waals surface area contributed by atoms with E-state index in [0.717, 1.165) is 17.7 Å². The van der Waals surface area contributed by atoms with Crippen LogP contribution in [0.5, 0.6) is 0 Å². The minimum absolute atomic E-state index is 0.0777. The van der Waals surface area contributed by atoms with Crippen LogP contribution in [-0.2, 0) is 11.2 Å². The number of nitrogens with zero attached hydrogens (tertiary/aromatic N) is 1. The molecule has 112 valence electrons. The van der Waals surface area contributed by atoms with Crippen LogP contribution in [-0.4, -0.2) is 12.5 Å². The van der Waals surface area contributed by atoms with E-state index >= 15 is 0 Å². The minimum Gasteiger partial charge on any atom is -0.375 e. The number of benzene rings is 2. The monoisotopic (exact) mass is 313 g/mol. The zero-order valence-electron chi connectivity index (χ0n) is 12.2. The Morgan fingerprint density at radius 3 is 2.73 bits per heavy atom. The molecule has 0 aliphatic carbocycles. The topological polar surface area (TPSA) is 64.9 Å². The van der Waals surface area contributed by atoms with Gasteiger partial charge in [0.2, 0.25) is 5.91 Å². The molecule has 0 radical (unpaired) electrons. The summed E-state index contributed by atoms with van der Waals surface area (Å²) in [5.41, 5.74) is 2.90. The van der Waals surface area contributed by atoms with Crippen LogP contribution in [0.1, 0.15) is 18.1 Å². The minimum atomic E-state index is -0.167. The van der Waals surface area contributed by atoms with E-state index in [0.29, 0.717) is 16.3 Å². The summed E-state index contributed by atoms with van der Waals surface area (Å²) in [6.07, 6.45) is 0.847. The summed E-state index contributed by atoms with van der Waals surface area (Å²) in [5.74, 6) is -0.167. The standard InChI is InChI=1S/C17H16ClN3O/c1-2-12-5-3-4-6-16(12)21-17(22)11-20-15-8-7-14(18)9-13(15)10-19/h3-9,20H,2,11H2,1H3,(H,21,22). The molecule has 4 nitrogen and oxygen atoms in total. The summed E-state index contributed by atoms with van der Waals surface area (Å²) in [4.78, 5) is 12.0. The largest absolute Gasteiger partial charge is 0.375 e. The van der Waals surface area contributed by atoms with Crippen molar-refractivity contribution in [2.45, 2.75) is 13.3 Å². The average Bonchev–Trinajstić information content (AvgIpc) is 2.54. The fourth-order valence-corrected chi connectivity index (χ4v) is 2.26. The molecule has 2 aromatic carbocycles. The van der Waals surface area contributed by atoms with Crippen LogP contribution in [0.15, 0.2) is 42.5 Å². The summed E-state index contributed by atoms with van der Waals surface area (Å²) in [6, 6.07) is 14.7. The van der Waals surface area contributed by atoms with E-state index in [1.807, 2.05) is 37.3 Å². The summed E-state index contributed by atoms with van der Waals surface area (Å²) < 4.78 is 0.